The average Bonchev–Trinajstić information content (AvgIpc) is 2.86. The second-order valence-electron chi connectivity index (χ2n) is 7.84. The summed E-state index contributed by atoms with van der Waals surface area (Å²) in [5, 5.41) is 4.78. The van der Waals surface area contributed by atoms with Crippen LogP contribution in [-0.4, -0.2) is 70.9 Å². The fourth-order valence-electron chi connectivity index (χ4n) is 4.78. The molecule has 144 valence electrons. The lowest BCUT2D eigenvalue weighted by Gasteiger charge is -2.36. The molecule has 1 amide bonds. The van der Waals surface area contributed by atoms with Gasteiger partial charge in [0.25, 0.3) is 5.91 Å². The number of morpholine rings is 1. The predicted octanol–water partition coefficient (Wildman–Crippen LogP) is 2.11. The molecule has 0 bridgehead atoms. The van der Waals surface area contributed by atoms with Gasteiger partial charge in [-0.05, 0) is 39.0 Å². The van der Waals surface area contributed by atoms with Crippen molar-refractivity contribution >= 4 is 5.91 Å². The van der Waals surface area contributed by atoms with Gasteiger partial charge in [-0.1, -0.05) is 12.8 Å². The van der Waals surface area contributed by atoms with E-state index in [1.165, 1.54) is 24.1 Å². The van der Waals surface area contributed by atoms with Gasteiger partial charge in [-0.2, -0.15) is 5.10 Å². The van der Waals surface area contributed by atoms with Crippen LogP contribution in [0.4, 0.5) is 0 Å². The average molecular weight is 361 g/mol. The van der Waals surface area contributed by atoms with Gasteiger partial charge in [0, 0.05) is 50.0 Å². The van der Waals surface area contributed by atoms with Crippen LogP contribution in [0.3, 0.4) is 0 Å². The summed E-state index contributed by atoms with van der Waals surface area (Å²) >= 11 is 0. The largest absolute Gasteiger partial charge is 0.379 e. The van der Waals surface area contributed by atoms with E-state index < -0.39 is 0 Å². The SMILES string of the molecule is CCn1nc(C(=O)N2CCCCCC2)c2c1CCC(N1CCOCC1)C2. The smallest absolute Gasteiger partial charge is 0.274 e. The maximum Gasteiger partial charge on any atom is 0.274 e. The monoisotopic (exact) mass is 360 g/mol. The topological polar surface area (TPSA) is 50.6 Å². The first-order chi connectivity index (χ1) is 12.8. The molecule has 1 aromatic rings. The van der Waals surface area contributed by atoms with Crippen molar-refractivity contribution in [2.45, 2.75) is 64.5 Å². The van der Waals surface area contributed by atoms with Crippen molar-refractivity contribution in [3.63, 3.8) is 0 Å². The van der Waals surface area contributed by atoms with Crippen LogP contribution in [0.1, 0.15) is 60.8 Å². The molecule has 1 aliphatic carbocycles. The molecule has 3 heterocycles. The molecule has 0 radical (unpaired) electrons. The van der Waals surface area contributed by atoms with Crippen LogP contribution >= 0.6 is 0 Å². The Morgan fingerprint density at radius 3 is 2.54 bits per heavy atom. The number of rotatable bonds is 3. The first-order valence-corrected chi connectivity index (χ1v) is 10.5. The van der Waals surface area contributed by atoms with Gasteiger partial charge in [0.2, 0.25) is 0 Å². The number of fused-ring (bicyclic) bond motifs is 1. The van der Waals surface area contributed by atoms with Gasteiger partial charge < -0.3 is 9.64 Å². The quantitative estimate of drug-likeness (QED) is 0.828. The van der Waals surface area contributed by atoms with Crippen molar-refractivity contribution in [1.29, 1.82) is 0 Å². The van der Waals surface area contributed by atoms with E-state index >= 15 is 0 Å². The van der Waals surface area contributed by atoms with Crippen LogP contribution in [0.25, 0.3) is 0 Å². The Morgan fingerprint density at radius 2 is 1.85 bits per heavy atom. The maximum atomic E-state index is 13.3. The molecule has 2 saturated heterocycles. The lowest BCUT2D eigenvalue weighted by molar-refractivity contribution is 0.0135. The number of aromatic nitrogens is 2. The molecule has 3 aliphatic rings. The summed E-state index contributed by atoms with van der Waals surface area (Å²) in [5.41, 5.74) is 3.26. The third-order valence-corrected chi connectivity index (χ3v) is 6.28. The zero-order valence-electron chi connectivity index (χ0n) is 16.1. The second kappa shape index (κ2) is 8.09. The highest BCUT2D eigenvalue weighted by molar-refractivity contribution is 5.94. The normalized spacial score (nSPS) is 25.0. The number of likely N-dealkylation sites (tertiary alicyclic amines) is 1. The zero-order valence-corrected chi connectivity index (χ0v) is 16.1. The van der Waals surface area contributed by atoms with Gasteiger partial charge in [-0.3, -0.25) is 14.4 Å². The molecule has 4 rings (SSSR count). The molecule has 0 aromatic carbocycles. The minimum absolute atomic E-state index is 0.165. The standard InChI is InChI=1S/C20H32N4O2/c1-2-24-18-8-7-16(22-11-13-26-14-12-22)15-17(18)19(21-24)20(25)23-9-5-3-4-6-10-23/h16H,2-15H2,1H3. The fraction of sp³-hybridized carbons (Fsp3) is 0.800. The van der Waals surface area contributed by atoms with Crippen LogP contribution in [0, 0.1) is 0 Å². The van der Waals surface area contributed by atoms with Crippen molar-refractivity contribution < 1.29 is 9.53 Å². The minimum Gasteiger partial charge on any atom is -0.379 e. The second-order valence-corrected chi connectivity index (χ2v) is 7.84. The zero-order chi connectivity index (χ0) is 17.9. The van der Waals surface area contributed by atoms with Crippen molar-refractivity contribution in [3.05, 3.63) is 17.0 Å². The van der Waals surface area contributed by atoms with E-state index in [9.17, 15) is 4.79 Å². The lowest BCUT2D eigenvalue weighted by Crippen LogP contribution is -2.46. The highest BCUT2D eigenvalue weighted by atomic mass is 16.5. The van der Waals surface area contributed by atoms with Crippen LogP contribution < -0.4 is 0 Å². The Labute approximate surface area is 156 Å². The van der Waals surface area contributed by atoms with Gasteiger partial charge >= 0.3 is 0 Å². The first-order valence-electron chi connectivity index (χ1n) is 10.5. The van der Waals surface area contributed by atoms with Crippen molar-refractivity contribution in [2.75, 3.05) is 39.4 Å². The Bertz CT molecular complexity index is 628. The molecular weight excluding hydrogens is 328 g/mol. The minimum atomic E-state index is 0.165. The number of hydrogen-bond donors (Lipinski definition) is 0. The molecular formula is C20H32N4O2. The molecule has 6 nitrogen and oxygen atoms in total. The molecule has 6 heteroatoms. The number of hydrogen-bond acceptors (Lipinski definition) is 4. The maximum absolute atomic E-state index is 13.3. The highest BCUT2D eigenvalue weighted by Gasteiger charge is 2.33. The number of carbonyl (C=O) groups excluding carboxylic acids is 1. The third-order valence-electron chi connectivity index (χ3n) is 6.28. The summed E-state index contributed by atoms with van der Waals surface area (Å²) in [4.78, 5) is 17.9. The Balaban J connectivity index is 1.58. The molecule has 2 aliphatic heterocycles. The Hall–Kier alpha value is -1.40. The molecule has 0 saturated carbocycles. The summed E-state index contributed by atoms with van der Waals surface area (Å²) < 4.78 is 7.60. The highest BCUT2D eigenvalue weighted by Crippen LogP contribution is 2.29. The summed E-state index contributed by atoms with van der Waals surface area (Å²) in [6.45, 7) is 8.43. The molecule has 0 N–H and O–H groups in total. The number of carbonyl (C=O) groups is 1. The lowest BCUT2D eigenvalue weighted by atomic mass is 9.89. The van der Waals surface area contributed by atoms with Crippen LogP contribution in [0.15, 0.2) is 0 Å². The molecule has 26 heavy (non-hydrogen) atoms. The van der Waals surface area contributed by atoms with E-state index in [1.807, 2.05) is 4.90 Å². The van der Waals surface area contributed by atoms with E-state index in [1.54, 1.807) is 0 Å². The first kappa shape index (κ1) is 18.0. The Morgan fingerprint density at radius 1 is 1.12 bits per heavy atom. The van der Waals surface area contributed by atoms with E-state index in [0.717, 1.165) is 83.7 Å². The van der Waals surface area contributed by atoms with Crippen LogP contribution in [0.5, 0.6) is 0 Å². The summed E-state index contributed by atoms with van der Waals surface area (Å²) in [6.07, 6.45) is 7.89. The van der Waals surface area contributed by atoms with Crippen LogP contribution in [-0.2, 0) is 24.1 Å². The van der Waals surface area contributed by atoms with Gasteiger partial charge in [0.15, 0.2) is 5.69 Å². The van der Waals surface area contributed by atoms with Gasteiger partial charge in [-0.25, -0.2) is 0 Å². The van der Waals surface area contributed by atoms with Crippen molar-refractivity contribution in [1.82, 2.24) is 19.6 Å². The summed E-state index contributed by atoms with van der Waals surface area (Å²) in [6, 6.07) is 0.525. The summed E-state index contributed by atoms with van der Waals surface area (Å²) in [7, 11) is 0. The number of aryl methyl sites for hydroxylation is 1. The molecule has 0 spiro atoms. The van der Waals surface area contributed by atoms with Gasteiger partial charge in [0.05, 0.1) is 13.2 Å². The fourth-order valence-corrected chi connectivity index (χ4v) is 4.78. The number of nitrogens with zero attached hydrogens (tertiary/aromatic N) is 4. The van der Waals surface area contributed by atoms with Gasteiger partial charge in [0.1, 0.15) is 0 Å². The van der Waals surface area contributed by atoms with E-state index in [0.29, 0.717) is 6.04 Å². The number of ether oxygens (including phenoxy) is 1. The molecule has 1 atom stereocenters. The van der Waals surface area contributed by atoms with Crippen LogP contribution in [0.2, 0.25) is 0 Å². The molecule has 1 aromatic heterocycles. The molecule has 1 unspecified atom stereocenters. The van der Waals surface area contributed by atoms with E-state index in [4.69, 9.17) is 9.84 Å². The van der Waals surface area contributed by atoms with Gasteiger partial charge in [-0.15, -0.1) is 0 Å². The van der Waals surface area contributed by atoms with E-state index in [2.05, 4.69) is 16.5 Å². The number of amides is 1. The molecule has 2 fully saturated rings. The predicted molar refractivity (Wildman–Crippen MR) is 100 cm³/mol. The summed E-state index contributed by atoms with van der Waals surface area (Å²) in [5.74, 6) is 0.165. The van der Waals surface area contributed by atoms with Crippen molar-refractivity contribution in [3.8, 4) is 0 Å². The van der Waals surface area contributed by atoms with Crippen molar-refractivity contribution in [2.24, 2.45) is 0 Å². The third kappa shape index (κ3) is 3.54. The van der Waals surface area contributed by atoms with E-state index in [-0.39, 0.29) is 5.91 Å². The Kier molecular flexibility index (Phi) is 5.60.